The zero-order valence-electron chi connectivity index (χ0n) is 14.0. The van der Waals surface area contributed by atoms with Gasteiger partial charge in [-0.25, -0.2) is 10.0 Å². The van der Waals surface area contributed by atoms with Gasteiger partial charge in [-0.2, -0.15) is 0 Å². The minimum atomic E-state index is -0.779. The number of carbonyl (C=O) groups excluding carboxylic acids is 2. The van der Waals surface area contributed by atoms with Gasteiger partial charge in [0.2, 0.25) is 0 Å². The van der Waals surface area contributed by atoms with Crippen molar-refractivity contribution < 1.29 is 9.59 Å². The molecule has 0 radical (unpaired) electrons. The van der Waals surface area contributed by atoms with Crippen LogP contribution in [0.2, 0.25) is 0 Å². The van der Waals surface area contributed by atoms with Gasteiger partial charge in [-0.1, -0.05) is 38.5 Å². The number of carbonyl (C=O) groups is 2. The van der Waals surface area contributed by atoms with Gasteiger partial charge >= 0.3 is 0 Å². The summed E-state index contributed by atoms with van der Waals surface area (Å²) >= 11 is 0. The molecule has 1 aromatic rings. The molecule has 3 rings (SSSR count). The number of hydrogen-bond acceptors (Lipinski definition) is 3. The molecule has 1 saturated heterocycles. The van der Waals surface area contributed by atoms with Gasteiger partial charge in [-0.05, 0) is 38.1 Å². The Hall–Kier alpha value is -1.88. The van der Waals surface area contributed by atoms with E-state index in [-0.39, 0.29) is 11.8 Å². The molecule has 0 aromatic heterocycles. The molecular formula is C18H25N3O2. The quantitative estimate of drug-likeness (QED) is 0.757. The Balaban J connectivity index is 1.87. The first-order valence-electron chi connectivity index (χ1n) is 8.58. The van der Waals surface area contributed by atoms with E-state index in [1.54, 1.807) is 10.0 Å². The molecule has 1 saturated carbocycles. The lowest BCUT2D eigenvalue weighted by Gasteiger charge is -2.32. The third kappa shape index (κ3) is 2.53. The molecule has 1 heterocycles. The molecule has 5 nitrogen and oxygen atoms in total. The van der Waals surface area contributed by atoms with Crippen LogP contribution >= 0.6 is 0 Å². The zero-order chi connectivity index (χ0) is 16.4. The van der Waals surface area contributed by atoms with E-state index >= 15 is 0 Å². The van der Waals surface area contributed by atoms with Crippen molar-refractivity contribution in [3.63, 3.8) is 0 Å². The van der Waals surface area contributed by atoms with Crippen LogP contribution < -0.4 is 5.01 Å². The smallest absolute Gasteiger partial charge is 0.261 e. The molecule has 1 aliphatic carbocycles. The fourth-order valence-corrected chi connectivity index (χ4v) is 3.50. The van der Waals surface area contributed by atoms with Gasteiger partial charge < -0.3 is 4.90 Å². The number of benzene rings is 1. The summed E-state index contributed by atoms with van der Waals surface area (Å²) < 4.78 is 0. The monoisotopic (exact) mass is 315 g/mol. The van der Waals surface area contributed by atoms with Crippen LogP contribution in [0.4, 0.5) is 5.69 Å². The SMILES string of the molecule is CCN(CC)CCN1C(=O)C2(CCC2)C(=O)N1c1ccccc1. The second kappa shape index (κ2) is 6.32. The Morgan fingerprint density at radius 2 is 1.70 bits per heavy atom. The van der Waals surface area contributed by atoms with Crippen LogP contribution in [-0.4, -0.2) is 47.9 Å². The molecule has 0 bridgehead atoms. The fraction of sp³-hybridized carbons (Fsp3) is 0.556. The highest BCUT2D eigenvalue weighted by Gasteiger charge is 2.61. The molecule has 124 valence electrons. The maximum Gasteiger partial charge on any atom is 0.261 e. The van der Waals surface area contributed by atoms with Crippen molar-refractivity contribution in [2.75, 3.05) is 31.2 Å². The summed E-state index contributed by atoms with van der Waals surface area (Å²) in [4.78, 5) is 28.2. The predicted molar refractivity (Wildman–Crippen MR) is 89.7 cm³/mol. The van der Waals surface area contributed by atoms with E-state index in [0.29, 0.717) is 19.4 Å². The van der Waals surface area contributed by atoms with Crippen LogP contribution in [-0.2, 0) is 9.59 Å². The summed E-state index contributed by atoms with van der Waals surface area (Å²) in [6.45, 7) is 7.46. The molecule has 2 amide bonds. The van der Waals surface area contributed by atoms with Gasteiger partial charge in [0.25, 0.3) is 11.8 Å². The van der Waals surface area contributed by atoms with Crippen LogP contribution in [0.25, 0.3) is 0 Å². The molecule has 0 atom stereocenters. The van der Waals surface area contributed by atoms with Crippen molar-refractivity contribution >= 4 is 17.5 Å². The van der Waals surface area contributed by atoms with Gasteiger partial charge in [0.05, 0.1) is 12.2 Å². The molecule has 2 aliphatic rings. The summed E-state index contributed by atoms with van der Waals surface area (Å²) in [5.41, 5.74) is 0.00760. The number of nitrogens with zero attached hydrogens (tertiary/aromatic N) is 3. The lowest BCUT2D eigenvalue weighted by Crippen LogP contribution is -2.45. The summed E-state index contributed by atoms with van der Waals surface area (Å²) in [7, 11) is 0. The Labute approximate surface area is 137 Å². The van der Waals surface area contributed by atoms with Crippen LogP contribution in [0.1, 0.15) is 33.1 Å². The standard InChI is InChI=1S/C18H25N3O2/c1-3-19(4-2)13-14-20-16(22)18(11-8-12-18)17(23)21(20)15-9-6-5-7-10-15/h5-7,9-10H,3-4,8,11-14H2,1-2H3. The minimum Gasteiger partial charge on any atom is -0.302 e. The van der Waals surface area contributed by atoms with Crippen molar-refractivity contribution in [3.05, 3.63) is 30.3 Å². The Bertz CT molecular complexity index is 579. The lowest BCUT2D eigenvalue weighted by molar-refractivity contribution is -0.144. The summed E-state index contributed by atoms with van der Waals surface area (Å²) in [5, 5.41) is 3.29. The molecule has 0 unspecified atom stereocenters. The van der Waals surface area contributed by atoms with Crippen LogP contribution in [0.5, 0.6) is 0 Å². The minimum absolute atomic E-state index is 0.00948. The van der Waals surface area contributed by atoms with Crippen molar-refractivity contribution in [1.82, 2.24) is 9.91 Å². The molecular weight excluding hydrogens is 290 g/mol. The number of para-hydroxylation sites is 1. The number of rotatable bonds is 6. The van der Waals surface area contributed by atoms with E-state index in [9.17, 15) is 9.59 Å². The second-order valence-corrected chi connectivity index (χ2v) is 6.34. The lowest BCUT2D eigenvalue weighted by atomic mass is 9.68. The molecule has 23 heavy (non-hydrogen) atoms. The van der Waals surface area contributed by atoms with Gasteiger partial charge in [0, 0.05) is 6.54 Å². The van der Waals surface area contributed by atoms with E-state index in [1.165, 1.54) is 0 Å². The van der Waals surface area contributed by atoms with E-state index in [1.807, 2.05) is 30.3 Å². The molecule has 0 N–H and O–H groups in total. The van der Waals surface area contributed by atoms with E-state index in [0.717, 1.165) is 31.7 Å². The highest BCUT2D eigenvalue weighted by molar-refractivity contribution is 6.18. The largest absolute Gasteiger partial charge is 0.302 e. The average molecular weight is 315 g/mol. The number of amides is 2. The highest BCUT2D eigenvalue weighted by Crippen LogP contribution is 2.49. The molecule has 1 aromatic carbocycles. The van der Waals surface area contributed by atoms with Crippen LogP contribution in [0.15, 0.2) is 30.3 Å². The second-order valence-electron chi connectivity index (χ2n) is 6.34. The first-order valence-corrected chi connectivity index (χ1v) is 8.58. The Kier molecular flexibility index (Phi) is 4.39. The maximum absolute atomic E-state index is 13.0. The summed E-state index contributed by atoms with van der Waals surface area (Å²) in [5.74, 6) is -0.0516. The van der Waals surface area contributed by atoms with Crippen molar-refractivity contribution in [2.45, 2.75) is 33.1 Å². The van der Waals surface area contributed by atoms with E-state index < -0.39 is 5.41 Å². The Morgan fingerprint density at radius 1 is 1.04 bits per heavy atom. The van der Waals surface area contributed by atoms with Crippen molar-refractivity contribution in [2.24, 2.45) is 5.41 Å². The molecule has 5 heteroatoms. The normalized spacial score (nSPS) is 19.8. The van der Waals surface area contributed by atoms with Crippen LogP contribution in [0.3, 0.4) is 0 Å². The molecule has 1 aliphatic heterocycles. The first-order chi connectivity index (χ1) is 11.1. The number of likely N-dealkylation sites (N-methyl/N-ethyl adjacent to an activating group) is 1. The van der Waals surface area contributed by atoms with Crippen LogP contribution in [0, 0.1) is 5.41 Å². The van der Waals surface area contributed by atoms with Crippen molar-refractivity contribution in [1.29, 1.82) is 0 Å². The molecule has 1 spiro atoms. The van der Waals surface area contributed by atoms with Gasteiger partial charge in [-0.15, -0.1) is 0 Å². The zero-order valence-corrected chi connectivity index (χ0v) is 14.0. The van der Waals surface area contributed by atoms with Gasteiger partial charge in [0.1, 0.15) is 5.41 Å². The number of anilines is 1. The third-order valence-corrected chi connectivity index (χ3v) is 5.22. The fourth-order valence-electron chi connectivity index (χ4n) is 3.50. The first kappa shape index (κ1) is 16.0. The third-order valence-electron chi connectivity index (χ3n) is 5.22. The summed E-state index contributed by atoms with van der Waals surface area (Å²) in [6, 6.07) is 9.52. The van der Waals surface area contributed by atoms with Gasteiger partial charge in [0.15, 0.2) is 0 Å². The maximum atomic E-state index is 13.0. The molecule has 2 fully saturated rings. The van der Waals surface area contributed by atoms with Gasteiger partial charge in [-0.3, -0.25) is 9.59 Å². The average Bonchev–Trinajstić information content (AvgIpc) is 2.76. The highest BCUT2D eigenvalue weighted by atomic mass is 16.2. The Morgan fingerprint density at radius 3 is 2.22 bits per heavy atom. The summed E-state index contributed by atoms with van der Waals surface area (Å²) in [6.07, 6.45) is 2.34. The number of hydrazine groups is 1. The van der Waals surface area contributed by atoms with E-state index in [4.69, 9.17) is 0 Å². The van der Waals surface area contributed by atoms with Crippen molar-refractivity contribution in [3.8, 4) is 0 Å². The topological polar surface area (TPSA) is 43.9 Å². The predicted octanol–water partition coefficient (Wildman–Crippen LogP) is 2.29. The van der Waals surface area contributed by atoms with E-state index in [2.05, 4.69) is 18.7 Å². The number of hydrogen-bond donors (Lipinski definition) is 0.